The molecule has 3 heteroatoms. The molecule has 80 valence electrons. The van der Waals surface area contributed by atoms with Gasteiger partial charge in [0, 0.05) is 18.6 Å². The summed E-state index contributed by atoms with van der Waals surface area (Å²) in [7, 11) is 0. The van der Waals surface area contributed by atoms with E-state index in [0.29, 0.717) is 18.0 Å². The van der Waals surface area contributed by atoms with Gasteiger partial charge in [-0.3, -0.25) is 0 Å². The van der Waals surface area contributed by atoms with Gasteiger partial charge < -0.3 is 10.2 Å². The van der Waals surface area contributed by atoms with Gasteiger partial charge >= 0.3 is 6.03 Å². The molecule has 1 saturated carbocycles. The van der Waals surface area contributed by atoms with Crippen LogP contribution in [0.15, 0.2) is 0 Å². The number of piperidine rings is 1. The third-order valence-corrected chi connectivity index (χ3v) is 3.28. The molecule has 0 aromatic carbocycles. The second kappa shape index (κ2) is 3.79. The summed E-state index contributed by atoms with van der Waals surface area (Å²) in [6.45, 7) is 5.31. The van der Waals surface area contributed by atoms with Crippen molar-refractivity contribution in [2.75, 3.05) is 6.54 Å². The standard InChI is InChI=1S/C11H20N2O/c1-8-3-4-9(2)13(7-8)11(14)12-10-5-6-10/h8-10H,3-7H2,1-2H3,(H,12,14)/t8-,9+/m0/s1. The quantitative estimate of drug-likeness (QED) is 0.683. The van der Waals surface area contributed by atoms with Crippen molar-refractivity contribution < 1.29 is 4.79 Å². The van der Waals surface area contributed by atoms with Crippen molar-refractivity contribution in [3.05, 3.63) is 0 Å². The molecule has 2 amide bonds. The Morgan fingerprint density at radius 1 is 1.21 bits per heavy atom. The van der Waals surface area contributed by atoms with Gasteiger partial charge in [0.2, 0.25) is 0 Å². The molecule has 2 fully saturated rings. The lowest BCUT2D eigenvalue weighted by Crippen LogP contribution is -2.50. The van der Waals surface area contributed by atoms with Crippen LogP contribution in [0.5, 0.6) is 0 Å². The molecule has 1 saturated heterocycles. The SMILES string of the molecule is C[C@H]1CC[C@@H](C)N(C(=O)NC2CC2)C1. The molecule has 0 aromatic heterocycles. The third kappa shape index (κ3) is 2.20. The van der Waals surface area contributed by atoms with Crippen LogP contribution in [0.25, 0.3) is 0 Å². The Labute approximate surface area is 85.8 Å². The van der Waals surface area contributed by atoms with Gasteiger partial charge in [-0.2, -0.15) is 0 Å². The van der Waals surface area contributed by atoms with Crippen LogP contribution in [0.3, 0.4) is 0 Å². The molecule has 1 heterocycles. The van der Waals surface area contributed by atoms with Crippen molar-refractivity contribution in [3.8, 4) is 0 Å². The number of carbonyl (C=O) groups excluding carboxylic acids is 1. The second-order valence-electron chi connectivity index (χ2n) is 4.91. The first-order valence-corrected chi connectivity index (χ1v) is 5.74. The molecule has 2 rings (SSSR count). The Morgan fingerprint density at radius 3 is 2.57 bits per heavy atom. The molecule has 1 aliphatic carbocycles. The predicted molar refractivity (Wildman–Crippen MR) is 56.1 cm³/mol. The smallest absolute Gasteiger partial charge is 0.317 e. The second-order valence-corrected chi connectivity index (χ2v) is 4.91. The molecule has 2 atom stereocenters. The van der Waals surface area contributed by atoms with Gasteiger partial charge in [-0.15, -0.1) is 0 Å². The lowest BCUT2D eigenvalue weighted by atomic mass is 9.95. The van der Waals surface area contributed by atoms with Crippen LogP contribution in [-0.2, 0) is 0 Å². The number of urea groups is 1. The minimum absolute atomic E-state index is 0.159. The number of rotatable bonds is 1. The molecule has 0 aromatic rings. The van der Waals surface area contributed by atoms with E-state index >= 15 is 0 Å². The zero-order valence-electron chi connectivity index (χ0n) is 9.12. The van der Waals surface area contributed by atoms with E-state index in [9.17, 15) is 4.79 Å². The molecule has 2 aliphatic rings. The summed E-state index contributed by atoms with van der Waals surface area (Å²) in [6, 6.07) is 1.06. The topological polar surface area (TPSA) is 32.3 Å². The van der Waals surface area contributed by atoms with Gasteiger partial charge in [-0.05, 0) is 38.5 Å². The molecular formula is C11H20N2O. The number of nitrogens with zero attached hydrogens (tertiary/aromatic N) is 1. The van der Waals surface area contributed by atoms with E-state index in [4.69, 9.17) is 0 Å². The van der Waals surface area contributed by atoms with Crippen molar-refractivity contribution in [3.63, 3.8) is 0 Å². The number of carbonyl (C=O) groups is 1. The van der Waals surface area contributed by atoms with E-state index in [2.05, 4.69) is 19.2 Å². The molecule has 0 unspecified atom stereocenters. The van der Waals surface area contributed by atoms with Crippen LogP contribution >= 0.6 is 0 Å². The minimum Gasteiger partial charge on any atom is -0.335 e. The first-order chi connectivity index (χ1) is 6.66. The van der Waals surface area contributed by atoms with Gasteiger partial charge in [-0.1, -0.05) is 6.92 Å². The molecule has 3 nitrogen and oxygen atoms in total. The third-order valence-electron chi connectivity index (χ3n) is 3.28. The lowest BCUT2D eigenvalue weighted by molar-refractivity contribution is 0.136. The number of likely N-dealkylation sites (tertiary alicyclic amines) is 1. The predicted octanol–water partition coefficient (Wildman–Crippen LogP) is 1.98. The molecule has 0 radical (unpaired) electrons. The summed E-state index contributed by atoms with van der Waals surface area (Å²) < 4.78 is 0. The summed E-state index contributed by atoms with van der Waals surface area (Å²) >= 11 is 0. The van der Waals surface area contributed by atoms with Gasteiger partial charge in [0.05, 0.1) is 0 Å². The number of nitrogens with one attached hydrogen (secondary N) is 1. The van der Waals surface area contributed by atoms with Crippen LogP contribution in [0.2, 0.25) is 0 Å². The fourth-order valence-electron chi connectivity index (χ4n) is 2.06. The molecule has 14 heavy (non-hydrogen) atoms. The van der Waals surface area contributed by atoms with Crippen molar-refractivity contribution in [1.29, 1.82) is 0 Å². The fraction of sp³-hybridized carbons (Fsp3) is 0.909. The Kier molecular flexibility index (Phi) is 2.66. The van der Waals surface area contributed by atoms with Crippen molar-refractivity contribution in [2.24, 2.45) is 5.92 Å². The van der Waals surface area contributed by atoms with Crippen LogP contribution in [0.4, 0.5) is 4.79 Å². The van der Waals surface area contributed by atoms with E-state index < -0.39 is 0 Å². The van der Waals surface area contributed by atoms with E-state index in [1.807, 2.05) is 4.90 Å². The van der Waals surface area contributed by atoms with Gasteiger partial charge in [0.15, 0.2) is 0 Å². The van der Waals surface area contributed by atoms with E-state index in [1.165, 1.54) is 19.3 Å². The van der Waals surface area contributed by atoms with Crippen molar-refractivity contribution in [2.45, 2.75) is 51.6 Å². The average Bonchev–Trinajstić information content (AvgIpc) is 2.93. The zero-order chi connectivity index (χ0) is 10.1. The summed E-state index contributed by atoms with van der Waals surface area (Å²) in [5.74, 6) is 0.663. The van der Waals surface area contributed by atoms with Crippen LogP contribution < -0.4 is 5.32 Å². The Morgan fingerprint density at radius 2 is 1.93 bits per heavy atom. The van der Waals surface area contributed by atoms with Crippen molar-refractivity contribution >= 4 is 6.03 Å². The molecule has 1 aliphatic heterocycles. The Balaban J connectivity index is 1.88. The molecule has 1 N–H and O–H groups in total. The first kappa shape index (κ1) is 9.81. The lowest BCUT2D eigenvalue weighted by Gasteiger charge is -2.36. The maximum atomic E-state index is 11.8. The largest absolute Gasteiger partial charge is 0.335 e. The van der Waals surface area contributed by atoms with Crippen LogP contribution in [0, 0.1) is 5.92 Å². The maximum absolute atomic E-state index is 11.8. The van der Waals surface area contributed by atoms with E-state index in [-0.39, 0.29) is 6.03 Å². The van der Waals surface area contributed by atoms with E-state index in [0.717, 1.165) is 13.0 Å². The van der Waals surface area contributed by atoms with Crippen LogP contribution in [0.1, 0.15) is 39.5 Å². The monoisotopic (exact) mass is 196 g/mol. The highest BCUT2D eigenvalue weighted by molar-refractivity contribution is 5.75. The summed E-state index contributed by atoms with van der Waals surface area (Å²) in [5.41, 5.74) is 0. The van der Waals surface area contributed by atoms with Gasteiger partial charge in [0.1, 0.15) is 0 Å². The molecule has 0 spiro atoms. The summed E-state index contributed by atoms with van der Waals surface area (Å²) in [6.07, 6.45) is 4.75. The molecule has 0 bridgehead atoms. The highest BCUT2D eigenvalue weighted by Gasteiger charge is 2.30. The number of hydrogen-bond acceptors (Lipinski definition) is 1. The average molecular weight is 196 g/mol. The minimum atomic E-state index is 0.159. The summed E-state index contributed by atoms with van der Waals surface area (Å²) in [4.78, 5) is 13.8. The summed E-state index contributed by atoms with van der Waals surface area (Å²) in [5, 5.41) is 3.06. The zero-order valence-corrected chi connectivity index (χ0v) is 9.12. The van der Waals surface area contributed by atoms with Gasteiger partial charge in [-0.25, -0.2) is 4.79 Å². The first-order valence-electron chi connectivity index (χ1n) is 5.74. The Hall–Kier alpha value is -0.730. The maximum Gasteiger partial charge on any atom is 0.317 e. The van der Waals surface area contributed by atoms with E-state index in [1.54, 1.807) is 0 Å². The normalized spacial score (nSPS) is 32.9. The molecular weight excluding hydrogens is 176 g/mol. The number of amides is 2. The number of hydrogen-bond donors (Lipinski definition) is 1. The Bertz CT molecular complexity index is 225. The van der Waals surface area contributed by atoms with Gasteiger partial charge in [0.25, 0.3) is 0 Å². The van der Waals surface area contributed by atoms with Crippen LogP contribution in [-0.4, -0.2) is 29.6 Å². The fourth-order valence-corrected chi connectivity index (χ4v) is 2.06. The highest BCUT2D eigenvalue weighted by Crippen LogP contribution is 2.23. The van der Waals surface area contributed by atoms with Crippen molar-refractivity contribution in [1.82, 2.24) is 10.2 Å². The highest BCUT2D eigenvalue weighted by atomic mass is 16.2.